The molecule has 12 heteroatoms. The van der Waals surface area contributed by atoms with Crippen LogP contribution in [0.2, 0.25) is 0 Å². The number of aryl methyl sites for hydroxylation is 1. The number of piperidine rings is 1. The minimum Gasteiger partial charge on any atom is -0.455 e. The molecular weight excluding hydrogens is 581 g/mol. The summed E-state index contributed by atoms with van der Waals surface area (Å²) in [6, 6.07) is 15.1. The number of anilines is 1. The van der Waals surface area contributed by atoms with Crippen LogP contribution in [0.4, 0.5) is 10.1 Å². The van der Waals surface area contributed by atoms with Gasteiger partial charge in [0.05, 0.1) is 22.4 Å². The number of nitrogens with zero attached hydrogens (tertiary/aromatic N) is 1. The Kier molecular flexibility index (Phi) is 7.67. The largest absolute Gasteiger partial charge is 0.455 e. The number of sulfone groups is 1. The van der Waals surface area contributed by atoms with Gasteiger partial charge in [0.2, 0.25) is 10.0 Å². The molecule has 1 saturated heterocycles. The van der Waals surface area contributed by atoms with Gasteiger partial charge in [-0.15, -0.1) is 0 Å². The molecule has 0 aliphatic carbocycles. The van der Waals surface area contributed by atoms with Crippen molar-refractivity contribution < 1.29 is 30.4 Å². The average molecular weight is 614 g/mol. The molecule has 1 aliphatic heterocycles. The highest BCUT2D eigenvalue weighted by Crippen LogP contribution is 2.48. The molecule has 222 valence electrons. The molecule has 0 unspecified atom stereocenters. The predicted octanol–water partition coefficient (Wildman–Crippen LogP) is 4.36. The summed E-state index contributed by atoms with van der Waals surface area (Å²) in [6.07, 6.45) is 1.76. The fourth-order valence-electron chi connectivity index (χ4n) is 5.64. The van der Waals surface area contributed by atoms with Crippen molar-refractivity contribution in [2.24, 2.45) is 0 Å². The molecule has 9 nitrogen and oxygen atoms in total. The second-order valence-corrected chi connectivity index (χ2v) is 14.8. The maximum Gasteiger partial charge on any atom is 0.255 e. The van der Waals surface area contributed by atoms with Crippen LogP contribution in [0.1, 0.15) is 34.3 Å². The van der Waals surface area contributed by atoms with E-state index in [-0.39, 0.29) is 46.0 Å². The Balaban J connectivity index is 1.91. The summed E-state index contributed by atoms with van der Waals surface area (Å²) in [4.78, 5) is 13.4. The van der Waals surface area contributed by atoms with Crippen LogP contribution < -0.4 is 14.9 Å². The number of sulfonamides is 1. The van der Waals surface area contributed by atoms with E-state index in [1.54, 1.807) is 37.3 Å². The van der Waals surface area contributed by atoms with Gasteiger partial charge < -0.3 is 15.1 Å². The Labute approximate surface area is 244 Å². The number of hydrogen-bond acceptors (Lipinski definition) is 7. The number of rotatable bonds is 7. The Morgan fingerprint density at radius 3 is 2.36 bits per heavy atom. The molecule has 5 rings (SSSR count). The van der Waals surface area contributed by atoms with E-state index in [2.05, 4.69) is 10.6 Å². The standard InChI is InChI=1S/C30H32FN3O6S2/c1-19-8-5-6-9-26(19)42(38,39)30(14-7-15-33-18-30)23-16-22-25(17-24(23)34(3)41(4,36)37)40-28(27(22)29(35)32-2)20-10-12-21(31)13-11-20/h5-6,8-13,16-17,33H,7,14-15,18H2,1-4H3,(H,32,35)/t30-/m1/s1. The molecule has 0 bridgehead atoms. The molecule has 2 heterocycles. The number of carbonyl (C=O) groups excluding carboxylic acids is 1. The van der Waals surface area contributed by atoms with Gasteiger partial charge in [0.25, 0.3) is 5.91 Å². The molecule has 3 aromatic carbocycles. The molecule has 0 spiro atoms. The smallest absolute Gasteiger partial charge is 0.255 e. The van der Waals surface area contributed by atoms with Crippen molar-refractivity contribution in [3.8, 4) is 11.3 Å². The Hall–Kier alpha value is -3.74. The Morgan fingerprint density at radius 2 is 1.76 bits per heavy atom. The van der Waals surface area contributed by atoms with Crippen molar-refractivity contribution in [2.45, 2.75) is 29.4 Å². The molecule has 4 aromatic rings. The van der Waals surface area contributed by atoms with Crippen molar-refractivity contribution >= 4 is 42.4 Å². The van der Waals surface area contributed by atoms with Crippen molar-refractivity contribution in [2.75, 3.05) is 37.7 Å². The van der Waals surface area contributed by atoms with Gasteiger partial charge in [-0.2, -0.15) is 0 Å². The fourth-order valence-corrected chi connectivity index (χ4v) is 8.48. The predicted molar refractivity (Wildman–Crippen MR) is 160 cm³/mol. The van der Waals surface area contributed by atoms with Crippen LogP contribution in [-0.4, -0.2) is 56.2 Å². The first-order valence-corrected chi connectivity index (χ1v) is 16.7. The highest BCUT2D eigenvalue weighted by Gasteiger charge is 2.50. The van der Waals surface area contributed by atoms with Crippen LogP contribution in [0.3, 0.4) is 0 Å². The monoisotopic (exact) mass is 613 g/mol. The third-order valence-electron chi connectivity index (χ3n) is 7.94. The van der Waals surface area contributed by atoms with Crippen molar-refractivity contribution in [3.63, 3.8) is 0 Å². The number of fused-ring (bicyclic) bond motifs is 1. The maximum atomic E-state index is 14.7. The number of halogens is 1. The lowest BCUT2D eigenvalue weighted by atomic mass is 9.87. The second kappa shape index (κ2) is 10.8. The Bertz CT molecular complexity index is 1900. The normalized spacial score (nSPS) is 17.7. The van der Waals surface area contributed by atoms with Crippen LogP contribution >= 0.6 is 0 Å². The van der Waals surface area contributed by atoms with Gasteiger partial charge >= 0.3 is 0 Å². The molecule has 0 radical (unpaired) electrons. The van der Waals surface area contributed by atoms with Crippen LogP contribution in [0.25, 0.3) is 22.3 Å². The van der Waals surface area contributed by atoms with Crippen molar-refractivity contribution in [1.82, 2.24) is 10.6 Å². The van der Waals surface area contributed by atoms with Gasteiger partial charge in [0.1, 0.15) is 21.9 Å². The highest BCUT2D eigenvalue weighted by atomic mass is 32.2. The first-order chi connectivity index (χ1) is 19.8. The molecule has 2 N–H and O–H groups in total. The van der Waals surface area contributed by atoms with E-state index in [9.17, 15) is 26.0 Å². The number of carbonyl (C=O) groups is 1. The van der Waals surface area contributed by atoms with Gasteiger partial charge in [0.15, 0.2) is 9.84 Å². The number of nitrogens with one attached hydrogen (secondary N) is 2. The van der Waals surface area contributed by atoms with E-state index >= 15 is 0 Å². The van der Waals surface area contributed by atoms with Gasteiger partial charge in [-0.1, -0.05) is 18.2 Å². The summed E-state index contributed by atoms with van der Waals surface area (Å²) in [5, 5.41) is 6.13. The third kappa shape index (κ3) is 4.87. The van der Waals surface area contributed by atoms with E-state index in [4.69, 9.17) is 4.42 Å². The lowest BCUT2D eigenvalue weighted by Crippen LogP contribution is -2.49. The number of benzene rings is 3. The van der Waals surface area contributed by atoms with Gasteiger partial charge in [0, 0.05) is 43.2 Å². The quantitative estimate of drug-likeness (QED) is 0.317. The Morgan fingerprint density at radius 1 is 1.07 bits per heavy atom. The minimum atomic E-state index is -4.12. The number of amides is 1. The summed E-state index contributed by atoms with van der Waals surface area (Å²) in [5.74, 6) is -0.822. The number of hydrogen-bond donors (Lipinski definition) is 2. The number of furan rings is 1. The molecule has 42 heavy (non-hydrogen) atoms. The van der Waals surface area contributed by atoms with E-state index in [1.165, 1.54) is 44.4 Å². The fraction of sp³-hybridized carbons (Fsp3) is 0.300. The molecule has 1 aliphatic rings. The van der Waals surface area contributed by atoms with Gasteiger partial charge in [-0.3, -0.25) is 9.10 Å². The zero-order valence-corrected chi connectivity index (χ0v) is 25.3. The third-order valence-corrected chi connectivity index (χ3v) is 11.8. The zero-order valence-electron chi connectivity index (χ0n) is 23.7. The summed E-state index contributed by atoms with van der Waals surface area (Å²) in [5.41, 5.74) is 1.64. The summed E-state index contributed by atoms with van der Waals surface area (Å²) in [6.45, 7) is 2.34. The topological polar surface area (TPSA) is 126 Å². The lowest BCUT2D eigenvalue weighted by molar-refractivity contribution is 0.0964. The van der Waals surface area contributed by atoms with E-state index < -0.39 is 36.3 Å². The SMILES string of the molecule is CNC(=O)c1c(-c2ccc(F)cc2)oc2cc(N(C)S(C)(=O)=O)c([C@@]3(S(=O)(=O)c4ccccc4C)CCCNC3)cc12. The van der Waals surface area contributed by atoms with E-state index in [0.717, 1.165) is 10.6 Å². The van der Waals surface area contributed by atoms with Crippen LogP contribution in [0.5, 0.6) is 0 Å². The molecular formula is C30H32FN3O6S2. The second-order valence-electron chi connectivity index (χ2n) is 10.5. The molecule has 1 atom stereocenters. The average Bonchev–Trinajstić information content (AvgIpc) is 3.34. The van der Waals surface area contributed by atoms with Crippen molar-refractivity contribution in [1.29, 1.82) is 0 Å². The van der Waals surface area contributed by atoms with Gasteiger partial charge in [-0.25, -0.2) is 21.2 Å². The van der Waals surface area contributed by atoms with Crippen LogP contribution in [0.15, 0.2) is 70.0 Å². The minimum absolute atomic E-state index is 0.0256. The highest BCUT2D eigenvalue weighted by molar-refractivity contribution is 7.92. The molecule has 1 amide bonds. The summed E-state index contributed by atoms with van der Waals surface area (Å²) >= 11 is 0. The maximum absolute atomic E-state index is 14.7. The molecule has 1 fully saturated rings. The van der Waals surface area contributed by atoms with Gasteiger partial charge in [-0.05, 0) is 68.3 Å². The molecule has 0 saturated carbocycles. The summed E-state index contributed by atoms with van der Waals surface area (Å²) in [7, 11) is -5.17. The van der Waals surface area contributed by atoms with E-state index in [1.807, 2.05) is 0 Å². The van der Waals surface area contributed by atoms with Crippen LogP contribution in [-0.2, 0) is 24.6 Å². The zero-order chi connectivity index (χ0) is 30.4. The lowest BCUT2D eigenvalue weighted by Gasteiger charge is -2.40. The van der Waals surface area contributed by atoms with Crippen LogP contribution in [0, 0.1) is 12.7 Å². The first kappa shape index (κ1) is 29.7. The molecule has 1 aromatic heterocycles. The van der Waals surface area contributed by atoms with Crippen molar-refractivity contribution in [3.05, 3.63) is 83.2 Å². The van der Waals surface area contributed by atoms with E-state index in [0.29, 0.717) is 29.5 Å². The summed E-state index contributed by atoms with van der Waals surface area (Å²) < 4.78 is 74.5. The first-order valence-electron chi connectivity index (χ1n) is 13.4.